The van der Waals surface area contributed by atoms with Crippen LogP contribution in [0.5, 0.6) is 0 Å². The molecule has 1 rings (SSSR count). The van der Waals surface area contributed by atoms with Crippen molar-refractivity contribution in [2.45, 2.75) is 52.2 Å². The first-order valence-electron chi connectivity index (χ1n) is 6.89. The number of hydrogen-bond acceptors (Lipinski definition) is 3. The third kappa shape index (κ3) is 4.40. The van der Waals surface area contributed by atoms with E-state index in [0.717, 1.165) is 32.8 Å². The molecule has 0 aromatic rings. The van der Waals surface area contributed by atoms with Gasteiger partial charge in [-0.25, -0.2) is 0 Å². The first-order valence-corrected chi connectivity index (χ1v) is 6.89. The molecular weight excluding hydrogens is 200 g/mol. The summed E-state index contributed by atoms with van der Waals surface area (Å²) in [5, 5.41) is 3.58. The van der Waals surface area contributed by atoms with Gasteiger partial charge in [0.15, 0.2) is 0 Å². The van der Waals surface area contributed by atoms with Crippen LogP contribution in [0.1, 0.15) is 40.0 Å². The van der Waals surface area contributed by atoms with Gasteiger partial charge in [-0.15, -0.1) is 0 Å². The van der Waals surface area contributed by atoms with Gasteiger partial charge in [-0.05, 0) is 19.5 Å². The van der Waals surface area contributed by atoms with Gasteiger partial charge in [0.25, 0.3) is 0 Å². The Kier molecular flexibility index (Phi) is 7.01. The fraction of sp³-hybridized carbons (Fsp3) is 1.00. The molecule has 0 saturated carbocycles. The molecule has 1 heterocycles. The second-order valence-corrected chi connectivity index (χ2v) is 4.61. The van der Waals surface area contributed by atoms with Crippen molar-refractivity contribution in [2.75, 3.05) is 32.8 Å². The van der Waals surface area contributed by atoms with Gasteiger partial charge in [0.2, 0.25) is 0 Å². The molecule has 1 fully saturated rings. The molecule has 16 heavy (non-hydrogen) atoms. The molecule has 3 heteroatoms. The molecular formula is C13H28N2O. The molecule has 3 nitrogen and oxygen atoms in total. The summed E-state index contributed by atoms with van der Waals surface area (Å²) in [5.41, 5.74) is 0. The number of rotatable bonds is 7. The number of unbranched alkanes of at least 4 members (excludes halogenated alkanes) is 1. The molecule has 2 unspecified atom stereocenters. The monoisotopic (exact) mass is 228 g/mol. The van der Waals surface area contributed by atoms with Crippen LogP contribution in [-0.4, -0.2) is 49.8 Å². The van der Waals surface area contributed by atoms with Gasteiger partial charge >= 0.3 is 0 Å². The molecule has 96 valence electrons. The molecule has 1 aliphatic heterocycles. The van der Waals surface area contributed by atoms with Crippen LogP contribution in [-0.2, 0) is 4.74 Å². The zero-order valence-electron chi connectivity index (χ0n) is 11.2. The summed E-state index contributed by atoms with van der Waals surface area (Å²) < 4.78 is 5.92. The molecule has 1 N–H and O–H groups in total. The highest BCUT2D eigenvalue weighted by molar-refractivity contribution is 4.82. The number of nitrogens with zero attached hydrogens (tertiary/aromatic N) is 1. The molecule has 0 radical (unpaired) electrons. The van der Waals surface area contributed by atoms with E-state index in [0.29, 0.717) is 12.1 Å². The highest BCUT2D eigenvalue weighted by atomic mass is 16.5. The van der Waals surface area contributed by atoms with Crippen LogP contribution >= 0.6 is 0 Å². The first-order chi connectivity index (χ1) is 7.81. The van der Waals surface area contributed by atoms with Crippen molar-refractivity contribution in [3.63, 3.8) is 0 Å². The van der Waals surface area contributed by atoms with E-state index in [9.17, 15) is 0 Å². The van der Waals surface area contributed by atoms with E-state index >= 15 is 0 Å². The van der Waals surface area contributed by atoms with Gasteiger partial charge in [-0.2, -0.15) is 0 Å². The summed E-state index contributed by atoms with van der Waals surface area (Å²) in [4.78, 5) is 2.49. The van der Waals surface area contributed by atoms with Crippen LogP contribution in [0.3, 0.4) is 0 Å². The second-order valence-electron chi connectivity index (χ2n) is 4.61. The van der Waals surface area contributed by atoms with E-state index in [1.807, 2.05) is 0 Å². The third-order valence-corrected chi connectivity index (χ3v) is 3.41. The van der Waals surface area contributed by atoms with Crippen LogP contribution in [0.4, 0.5) is 0 Å². The minimum absolute atomic E-state index is 0.389. The van der Waals surface area contributed by atoms with Gasteiger partial charge in [0, 0.05) is 19.1 Å². The Morgan fingerprint density at radius 1 is 1.38 bits per heavy atom. The molecule has 0 bridgehead atoms. The Morgan fingerprint density at radius 3 is 2.81 bits per heavy atom. The van der Waals surface area contributed by atoms with Crippen LogP contribution in [0.15, 0.2) is 0 Å². The van der Waals surface area contributed by atoms with E-state index in [1.165, 1.54) is 19.3 Å². The lowest BCUT2D eigenvalue weighted by molar-refractivity contribution is -0.0461. The molecule has 0 amide bonds. The normalized spacial score (nSPS) is 24.6. The zero-order chi connectivity index (χ0) is 11.8. The van der Waals surface area contributed by atoms with E-state index in [1.54, 1.807) is 0 Å². The maximum Gasteiger partial charge on any atom is 0.0855 e. The smallest absolute Gasteiger partial charge is 0.0855 e. The highest BCUT2D eigenvalue weighted by Gasteiger charge is 2.26. The van der Waals surface area contributed by atoms with E-state index in [4.69, 9.17) is 4.74 Å². The van der Waals surface area contributed by atoms with E-state index in [-0.39, 0.29) is 0 Å². The fourth-order valence-electron chi connectivity index (χ4n) is 2.37. The van der Waals surface area contributed by atoms with Crippen LogP contribution in [0.25, 0.3) is 0 Å². The van der Waals surface area contributed by atoms with E-state index in [2.05, 4.69) is 31.0 Å². The lowest BCUT2D eigenvalue weighted by Crippen LogP contribution is -2.52. The maximum atomic E-state index is 5.92. The van der Waals surface area contributed by atoms with Crippen molar-refractivity contribution in [3.8, 4) is 0 Å². The molecule has 1 saturated heterocycles. The highest BCUT2D eigenvalue weighted by Crippen LogP contribution is 2.13. The van der Waals surface area contributed by atoms with Crippen LogP contribution < -0.4 is 5.32 Å². The Hall–Kier alpha value is -0.120. The summed E-state index contributed by atoms with van der Waals surface area (Å²) in [6.07, 6.45) is 4.20. The third-order valence-electron chi connectivity index (χ3n) is 3.41. The number of hydrogen-bond donors (Lipinski definition) is 1. The van der Waals surface area contributed by atoms with E-state index < -0.39 is 0 Å². The average molecular weight is 228 g/mol. The Bertz CT molecular complexity index is 173. The topological polar surface area (TPSA) is 24.5 Å². The molecule has 0 aromatic heterocycles. The largest absolute Gasteiger partial charge is 0.374 e. The first kappa shape index (κ1) is 13.9. The number of morpholine rings is 1. The summed E-state index contributed by atoms with van der Waals surface area (Å²) in [6.45, 7) is 11.9. The molecule has 0 aliphatic carbocycles. The fourth-order valence-corrected chi connectivity index (χ4v) is 2.37. The van der Waals surface area contributed by atoms with Crippen LogP contribution in [0, 0.1) is 0 Å². The molecule has 1 aliphatic rings. The molecule has 0 spiro atoms. The van der Waals surface area contributed by atoms with Gasteiger partial charge in [0.05, 0.1) is 12.7 Å². The number of ether oxygens (including phenoxy) is 1. The summed E-state index contributed by atoms with van der Waals surface area (Å²) >= 11 is 0. The summed E-state index contributed by atoms with van der Waals surface area (Å²) in [5.74, 6) is 0. The standard InChI is InChI=1S/C13H28N2O/c1-4-7-8-12(14-5-2)13-11-15(6-3)9-10-16-13/h12-14H,4-11H2,1-3H3. The van der Waals surface area contributed by atoms with Crippen molar-refractivity contribution in [1.82, 2.24) is 10.2 Å². The van der Waals surface area contributed by atoms with Crippen molar-refractivity contribution in [3.05, 3.63) is 0 Å². The minimum Gasteiger partial charge on any atom is -0.374 e. The van der Waals surface area contributed by atoms with Crippen molar-refractivity contribution >= 4 is 0 Å². The maximum absolute atomic E-state index is 5.92. The predicted molar refractivity (Wildman–Crippen MR) is 68.8 cm³/mol. The SMILES string of the molecule is CCCCC(NCC)C1CN(CC)CCO1. The molecule has 0 aromatic carbocycles. The number of nitrogens with one attached hydrogen (secondary N) is 1. The van der Waals surface area contributed by atoms with Crippen molar-refractivity contribution in [2.24, 2.45) is 0 Å². The summed E-state index contributed by atoms with van der Waals surface area (Å²) in [6, 6.07) is 0.541. The lowest BCUT2D eigenvalue weighted by atomic mass is 10.0. The summed E-state index contributed by atoms with van der Waals surface area (Å²) in [7, 11) is 0. The Balaban J connectivity index is 2.41. The Morgan fingerprint density at radius 2 is 2.19 bits per heavy atom. The van der Waals surface area contributed by atoms with Gasteiger partial charge in [-0.3, -0.25) is 4.90 Å². The van der Waals surface area contributed by atoms with Crippen molar-refractivity contribution in [1.29, 1.82) is 0 Å². The second kappa shape index (κ2) is 8.04. The van der Waals surface area contributed by atoms with Gasteiger partial charge < -0.3 is 10.1 Å². The Labute approximate surface area is 101 Å². The quantitative estimate of drug-likeness (QED) is 0.720. The lowest BCUT2D eigenvalue weighted by Gasteiger charge is -2.37. The zero-order valence-corrected chi connectivity index (χ0v) is 11.2. The average Bonchev–Trinajstić information content (AvgIpc) is 2.34. The minimum atomic E-state index is 0.389. The van der Waals surface area contributed by atoms with Gasteiger partial charge in [-0.1, -0.05) is 33.6 Å². The van der Waals surface area contributed by atoms with Crippen molar-refractivity contribution < 1.29 is 4.74 Å². The van der Waals surface area contributed by atoms with Gasteiger partial charge in [0.1, 0.15) is 0 Å². The number of likely N-dealkylation sites (N-methyl/N-ethyl adjacent to an activating group) is 2. The predicted octanol–water partition coefficient (Wildman–Crippen LogP) is 1.88. The molecule has 2 atom stereocenters. The van der Waals surface area contributed by atoms with Crippen LogP contribution in [0.2, 0.25) is 0 Å².